The summed E-state index contributed by atoms with van der Waals surface area (Å²) in [6, 6.07) is 4.83. The second-order valence-electron chi connectivity index (χ2n) is 6.01. The van der Waals surface area contributed by atoms with Gasteiger partial charge in [-0.2, -0.15) is 0 Å². The molecule has 1 saturated carbocycles. The molecule has 0 amide bonds. The minimum atomic E-state index is 0.590. The van der Waals surface area contributed by atoms with E-state index in [0.717, 1.165) is 43.5 Å². The molecule has 0 atom stereocenters. The second-order valence-corrected chi connectivity index (χ2v) is 6.01. The van der Waals surface area contributed by atoms with Crippen LogP contribution in [0.3, 0.4) is 0 Å². The van der Waals surface area contributed by atoms with Gasteiger partial charge in [0, 0.05) is 12.6 Å². The van der Waals surface area contributed by atoms with Crippen LogP contribution < -0.4 is 5.32 Å². The first kappa shape index (κ1) is 14.6. The van der Waals surface area contributed by atoms with E-state index in [4.69, 9.17) is 4.42 Å². The lowest BCUT2D eigenvalue weighted by Gasteiger charge is -2.25. The average Bonchev–Trinajstić information content (AvgIpc) is 3.08. The summed E-state index contributed by atoms with van der Waals surface area (Å²) in [5.74, 6) is 3.09. The predicted molar refractivity (Wildman–Crippen MR) is 79.0 cm³/mol. The predicted octanol–water partition coefficient (Wildman–Crippen LogP) is 3.40. The maximum Gasteiger partial charge on any atom is 0.118 e. The van der Waals surface area contributed by atoms with Gasteiger partial charge in [-0.3, -0.25) is 4.90 Å². The zero-order valence-corrected chi connectivity index (χ0v) is 12.6. The summed E-state index contributed by atoms with van der Waals surface area (Å²) < 4.78 is 5.91. The van der Waals surface area contributed by atoms with Gasteiger partial charge in [-0.05, 0) is 57.7 Å². The van der Waals surface area contributed by atoms with E-state index in [2.05, 4.69) is 43.1 Å². The van der Waals surface area contributed by atoms with Crippen molar-refractivity contribution in [1.29, 1.82) is 0 Å². The van der Waals surface area contributed by atoms with Gasteiger partial charge >= 0.3 is 0 Å². The summed E-state index contributed by atoms with van der Waals surface area (Å²) in [6.45, 7) is 10.8. The van der Waals surface area contributed by atoms with Crippen LogP contribution in [0.1, 0.15) is 51.6 Å². The van der Waals surface area contributed by atoms with Crippen molar-refractivity contribution in [2.24, 2.45) is 5.92 Å². The topological polar surface area (TPSA) is 28.4 Å². The SMILES string of the molecule is CCCNCc1ccc(CN(CC2CC2)C(C)C)o1. The van der Waals surface area contributed by atoms with Gasteiger partial charge in [0.25, 0.3) is 0 Å². The first-order chi connectivity index (χ1) is 9.19. The average molecular weight is 264 g/mol. The Hall–Kier alpha value is -0.800. The number of furan rings is 1. The van der Waals surface area contributed by atoms with Gasteiger partial charge in [0.05, 0.1) is 13.1 Å². The third-order valence-electron chi connectivity index (χ3n) is 3.72. The molecule has 1 aliphatic carbocycles. The molecule has 0 saturated heterocycles. The quantitative estimate of drug-likeness (QED) is 0.693. The lowest BCUT2D eigenvalue weighted by Crippen LogP contribution is -2.32. The Morgan fingerprint density at radius 2 is 2.05 bits per heavy atom. The summed E-state index contributed by atoms with van der Waals surface area (Å²) in [4.78, 5) is 2.53. The molecular formula is C16H28N2O. The molecule has 0 radical (unpaired) electrons. The Morgan fingerprint density at radius 1 is 1.32 bits per heavy atom. The summed E-state index contributed by atoms with van der Waals surface area (Å²) >= 11 is 0. The Labute approximate surface area is 117 Å². The van der Waals surface area contributed by atoms with E-state index in [1.54, 1.807) is 0 Å². The van der Waals surface area contributed by atoms with Crippen molar-refractivity contribution in [3.05, 3.63) is 23.7 Å². The molecule has 3 heteroatoms. The highest BCUT2D eigenvalue weighted by Gasteiger charge is 2.25. The van der Waals surface area contributed by atoms with Gasteiger partial charge in [0.2, 0.25) is 0 Å². The second kappa shape index (κ2) is 7.11. The van der Waals surface area contributed by atoms with Crippen molar-refractivity contribution in [3.63, 3.8) is 0 Å². The van der Waals surface area contributed by atoms with E-state index in [1.165, 1.54) is 19.4 Å². The van der Waals surface area contributed by atoms with E-state index >= 15 is 0 Å². The first-order valence-corrected chi connectivity index (χ1v) is 7.71. The molecule has 1 heterocycles. The molecule has 0 bridgehead atoms. The van der Waals surface area contributed by atoms with Crippen LogP contribution in [-0.4, -0.2) is 24.0 Å². The fraction of sp³-hybridized carbons (Fsp3) is 0.750. The van der Waals surface area contributed by atoms with E-state index < -0.39 is 0 Å². The molecule has 0 spiro atoms. The van der Waals surface area contributed by atoms with Gasteiger partial charge < -0.3 is 9.73 Å². The fourth-order valence-corrected chi connectivity index (χ4v) is 2.28. The Bertz CT molecular complexity index is 369. The van der Waals surface area contributed by atoms with Crippen molar-refractivity contribution < 1.29 is 4.42 Å². The highest BCUT2D eigenvalue weighted by molar-refractivity contribution is 5.07. The summed E-state index contributed by atoms with van der Waals surface area (Å²) in [7, 11) is 0. The molecule has 0 aliphatic heterocycles. The van der Waals surface area contributed by atoms with Crippen LogP contribution in [0.5, 0.6) is 0 Å². The Balaban J connectivity index is 1.82. The molecule has 2 rings (SSSR count). The van der Waals surface area contributed by atoms with Crippen LogP contribution >= 0.6 is 0 Å². The maximum absolute atomic E-state index is 5.91. The lowest BCUT2D eigenvalue weighted by atomic mass is 10.2. The van der Waals surface area contributed by atoms with Crippen LogP contribution in [0.15, 0.2) is 16.5 Å². The van der Waals surface area contributed by atoms with E-state index in [9.17, 15) is 0 Å². The molecule has 1 aliphatic rings. The van der Waals surface area contributed by atoms with Crippen molar-refractivity contribution in [1.82, 2.24) is 10.2 Å². The zero-order valence-electron chi connectivity index (χ0n) is 12.6. The van der Waals surface area contributed by atoms with Gasteiger partial charge in [0.15, 0.2) is 0 Å². The fourth-order valence-electron chi connectivity index (χ4n) is 2.28. The maximum atomic E-state index is 5.91. The minimum absolute atomic E-state index is 0.590. The Kier molecular flexibility index (Phi) is 5.46. The van der Waals surface area contributed by atoms with Crippen molar-refractivity contribution in [3.8, 4) is 0 Å². The molecule has 1 aromatic rings. The molecule has 0 unspecified atom stereocenters. The van der Waals surface area contributed by atoms with E-state index in [1.807, 2.05) is 0 Å². The highest BCUT2D eigenvalue weighted by Crippen LogP contribution is 2.30. The number of hydrogen-bond donors (Lipinski definition) is 1. The molecule has 108 valence electrons. The molecular weight excluding hydrogens is 236 g/mol. The van der Waals surface area contributed by atoms with Gasteiger partial charge in [-0.15, -0.1) is 0 Å². The summed E-state index contributed by atoms with van der Waals surface area (Å²) in [5, 5.41) is 3.38. The molecule has 1 N–H and O–H groups in total. The lowest BCUT2D eigenvalue weighted by molar-refractivity contribution is 0.187. The van der Waals surface area contributed by atoms with Gasteiger partial charge in [-0.25, -0.2) is 0 Å². The van der Waals surface area contributed by atoms with Crippen LogP contribution in [-0.2, 0) is 13.1 Å². The number of nitrogens with zero attached hydrogens (tertiary/aromatic N) is 1. The van der Waals surface area contributed by atoms with Crippen molar-refractivity contribution in [2.75, 3.05) is 13.1 Å². The third kappa shape index (κ3) is 5.00. The first-order valence-electron chi connectivity index (χ1n) is 7.71. The zero-order chi connectivity index (χ0) is 13.7. The number of nitrogens with one attached hydrogen (secondary N) is 1. The molecule has 1 fully saturated rings. The molecule has 3 nitrogen and oxygen atoms in total. The third-order valence-corrected chi connectivity index (χ3v) is 3.72. The number of hydrogen-bond acceptors (Lipinski definition) is 3. The van der Waals surface area contributed by atoms with Crippen LogP contribution in [0.25, 0.3) is 0 Å². The van der Waals surface area contributed by atoms with Crippen molar-refractivity contribution >= 4 is 0 Å². The summed E-state index contributed by atoms with van der Waals surface area (Å²) in [6.07, 6.45) is 3.98. The monoisotopic (exact) mass is 264 g/mol. The van der Waals surface area contributed by atoms with Crippen LogP contribution in [0.4, 0.5) is 0 Å². The summed E-state index contributed by atoms with van der Waals surface area (Å²) in [5.41, 5.74) is 0. The standard InChI is InChI=1S/C16H28N2O/c1-4-9-17-10-15-7-8-16(19-15)12-18(13(2)3)11-14-5-6-14/h7-8,13-14,17H,4-6,9-12H2,1-3H3. The number of rotatable bonds is 9. The van der Waals surface area contributed by atoms with Gasteiger partial charge in [0.1, 0.15) is 11.5 Å². The van der Waals surface area contributed by atoms with Crippen LogP contribution in [0.2, 0.25) is 0 Å². The van der Waals surface area contributed by atoms with Crippen molar-refractivity contribution in [2.45, 2.75) is 59.2 Å². The van der Waals surface area contributed by atoms with E-state index in [-0.39, 0.29) is 0 Å². The molecule has 1 aromatic heterocycles. The Morgan fingerprint density at radius 3 is 2.68 bits per heavy atom. The highest BCUT2D eigenvalue weighted by atomic mass is 16.3. The normalized spacial score (nSPS) is 15.6. The largest absolute Gasteiger partial charge is 0.463 e. The minimum Gasteiger partial charge on any atom is -0.463 e. The molecule has 19 heavy (non-hydrogen) atoms. The smallest absolute Gasteiger partial charge is 0.118 e. The van der Waals surface area contributed by atoms with E-state index in [0.29, 0.717) is 6.04 Å². The van der Waals surface area contributed by atoms with Gasteiger partial charge in [-0.1, -0.05) is 6.92 Å². The molecule has 0 aromatic carbocycles. The van der Waals surface area contributed by atoms with Crippen LogP contribution in [0, 0.1) is 5.92 Å².